The molecule has 0 aliphatic heterocycles. The molecule has 0 aliphatic rings. The number of hydrogen-bond acceptors (Lipinski definition) is 4. The highest BCUT2D eigenvalue weighted by Crippen LogP contribution is 2.21. The van der Waals surface area contributed by atoms with Crippen molar-refractivity contribution in [2.75, 3.05) is 6.61 Å². The third kappa shape index (κ3) is 4.05. The van der Waals surface area contributed by atoms with Crippen LogP contribution in [0.3, 0.4) is 0 Å². The molecule has 0 saturated carbocycles. The maximum absolute atomic E-state index is 12.0. The predicted octanol–water partition coefficient (Wildman–Crippen LogP) is 4.31. The number of halogens is 1. The van der Waals surface area contributed by atoms with Crippen LogP contribution in [-0.4, -0.2) is 12.4 Å². The summed E-state index contributed by atoms with van der Waals surface area (Å²) in [6, 6.07) is 10.6. The molecule has 0 aliphatic carbocycles. The normalized spacial score (nSPS) is 10.4. The number of ether oxygens (including phenoxy) is 1. The summed E-state index contributed by atoms with van der Waals surface area (Å²) in [5.41, 5.74) is 0.584. The minimum Gasteiger partial charge on any atom is -0.479 e. The number of benzene rings is 1. The van der Waals surface area contributed by atoms with E-state index in [4.69, 9.17) is 10.00 Å². The van der Waals surface area contributed by atoms with Gasteiger partial charge in [0.05, 0.1) is 0 Å². The maximum Gasteiger partial charge on any atom is 0.185 e. The zero-order valence-corrected chi connectivity index (χ0v) is 12.8. The molecule has 2 aromatic rings. The van der Waals surface area contributed by atoms with E-state index in [9.17, 15) is 4.79 Å². The van der Waals surface area contributed by atoms with Crippen molar-refractivity contribution in [2.45, 2.75) is 0 Å². The fourth-order valence-corrected chi connectivity index (χ4v) is 2.84. The molecule has 0 radical (unpaired) electrons. The zero-order valence-electron chi connectivity index (χ0n) is 10.4. The molecule has 0 N–H and O–H groups in total. The number of carbonyl (C=O) groups is 1. The van der Waals surface area contributed by atoms with Gasteiger partial charge in [-0.3, -0.25) is 4.79 Å². The first-order chi connectivity index (χ1) is 9.69. The molecule has 0 bridgehead atoms. The maximum atomic E-state index is 12.0. The Morgan fingerprint density at radius 1 is 1.40 bits per heavy atom. The van der Waals surface area contributed by atoms with Gasteiger partial charge in [-0.2, -0.15) is 5.26 Å². The van der Waals surface area contributed by atoms with Crippen LogP contribution in [0.15, 0.2) is 46.3 Å². The number of thiophene rings is 1. The quantitative estimate of drug-likeness (QED) is 0.598. The molecule has 1 heterocycles. The van der Waals surface area contributed by atoms with E-state index in [1.165, 1.54) is 0 Å². The fourth-order valence-electron chi connectivity index (χ4n) is 1.50. The van der Waals surface area contributed by atoms with Gasteiger partial charge in [-0.25, -0.2) is 0 Å². The summed E-state index contributed by atoms with van der Waals surface area (Å²) in [6.07, 6.45) is 3.33. The van der Waals surface area contributed by atoms with Gasteiger partial charge >= 0.3 is 0 Å². The van der Waals surface area contributed by atoms with Crippen LogP contribution in [0.1, 0.15) is 15.2 Å². The van der Waals surface area contributed by atoms with Crippen LogP contribution in [0.25, 0.3) is 6.08 Å². The molecule has 0 amide bonds. The number of rotatable bonds is 5. The molecule has 0 fully saturated rings. The predicted molar refractivity (Wildman–Crippen MR) is 82.9 cm³/mol. The Morgan fingerprint density at radius 3 is 2.75 bits per heavy atom. The monoisotopic (exact) mass is 347 g/mol. The molecule has 20 heavy (non-hydrogen) atoms. The summed E-state index contributed by atoms with van der Waals surface area (Å²) in [5.74, 6) is 0.510. The van der Waals surface area contributed by atoms with Gasteiger partial charge in [0, 0.05) is 20.3 Å². The number of hydrogen-bond donors (Lipinski definition) is 0. The molecule has 1 aromatic heterocycles. The molecule has 0 saturated heterocycles. The van der Waals surface area contributed by atoms with Gasteiger partial charge in [-0.1, -0.05) is 0 Å². The number of allylic oxidation sites excluding steroid dienone is 1. The molecule has 1 aromatic carbocycles. The Bertz CT molecular complexity index is 668. The van der Waals surface area contributed by atoms with E-state index in [0.29, 0.717) is 11.3 Å². The number of carbonyl (C=O) groups excluding carboxylic acids is 1. The lowest BCUT2D eigenvalue weighted by molar-refractivity contribution is 0.104. The molecule has 5 heteroatoms. The first kappa shape index (κ1) is 14.5. The van der Waals surface area contributed by atoms with Gasteiger partial charge in [-0.15, -0.1) is 11.3 Å². The number of ketones is 1. The van der Waals surface area contributed by atoms with Crippen LogP contribution in [0.5, 0.6) is 5.75 Å². The third-order valence-corrected chi connectivity index (χ3v) is 4.09. The number of nitriles is 1. The van der Waals surface area contributed by atoms with E-state index in [1.807, 2.05) is 17.5 Å². The van der Waals surface area contributed by atoms with Crippen molar-refractivity contribution < 1.29 is 9.53 Å². The fraction of sp³-hybridized carbons (Fsp3) is 0.0667. The van der Waals surface area contributed by atoms with Crippen molar-refractivity contribution in [3.63, 3.8) is 0 Å². The lowest BCUT2D eigenvalue weighted by atomic mass is 10.1. The second-order valence-electron chi connectivity index (χ2n) is 3.84. The SMILES string of the molecule is N#CCOc1ccc(C(=O)/C=C/c2cc(Br)cs2)cc1. The highest BCUT2D eigenvalue weighted by atomic mass is 79.9. The van der Waals surface area contributed by atoms with E-state index in [-0.39, 0.29) is 12.4 Å². The van der Waals surface area contributed by atoms with E-state index < -0.39 is 0 Å². The van der Waals surface area contributed by atoms with Crippen LogP contribution in [-0.2, 0) is 0 Å². The summed E-state index contributed by atoms with van der Waals surface area (Å²) >= 11 is 4.93. The summed E-state index contributed by atoms with van der Waals surface area (Å²) in [6.45, 7) is 0.000448. The smallest absolute Gasteiger partial charge is 0.185 e. The molecule has 3 nitrogen and oxygen atoms in total. The first-order valence-electron chi connectivity index (χ1n) is 5.75. The Hall–Kier alpha value is -1.90. The average Bonchev–Trinajstić information content (AvgIpc) is 2.89. The largest absolute Gasteiger partial charge is 0.479 e. The van der Waals surface area contributed by atoms with Crippen molar-refractivity contribution in [2.24, 2.45) is 0 Å². The minimum absolute atomic E-state index is 0.000448. The van der Waals surface area contributed by atoms with Crippen LogP contribution in [0, 0.1) is 11.3 Å². The van der Waals surface area contributed by atoms with E-state index in [1.54, 1.807) is 47.8 Å². The van der Waals surface area contributed by atoms with Gasteiger partial charge in [0.2, 0.25) is 0 Å². The standard InChI is InChI=1S/C15H10BrNO2S/c16-12-9-14(20-10-12)5-6-15(18)11-1-3-13(4-2-11)19-8-7-17/h1-6,9-10H,8H2/b6-5+. The van der Waals surface area contributed by atoms with Crippen LogP contribution in [0.2, 0.25) is 0 Å². The summed E-state index contributed by atoms with van der Waals surface area (Å²) < 4.78 is 6.14. The van der Waals surface area contributed by atoms with Crippen molar-refractivity contribution in [3.05, 3.63) is 56.7 Å². The topological polar surface area (TPSA) is 50.1 Å². The Kier molecular flexibility index (Phi) is 5.10. The lowest BCUT2D eigenvalue weighted by Crippen LogP contribution is -1.96. The van der Waals surface area contributed by atoms with Gasteiger partial charge in [0.25, 0.3) is 0 Å². The second-order valence-corrected chi connectivity index (χ2v) is 5.69. The molecule has 2 rings (SSSR count). The Morgan fingerprint density at radius 2 is 2.15 bits per heavy atom. The van der Waals surface area contributed by atoms with E-state index in [0.717, 1.165) is 9.35 Å². The summed E-state index contributed by atoms with van der Waals surface area (Å²) in [5, 5.41) is 10.4. The van der Waals surface area contributed by atoms with E-state index >= 15 is 0 Å². The van der Waals surface area contributed by atoms with Gasteiger partial charge in [0.15, 0.2) is 12.4 Å². The number of nitrogens with zero attached hydrogens (tertiary/aromatic N) is 1. The van der Waals surface area contributed by atoms with Crippen LogP contribution < -0.4 is 4.74 Å². The second kappa shape index (κ2) is 7.04. The summed E-state index contributed by atoms with van der Waals surface area (Å²) in [4.78, 5) is 13.0. The minimum atomic E-state index is -0.0682. The Balaban J connectivity index is 2.02. The molecular weight excluding hydrogens is 338 g/mol. The molecule has 0 spiro atoms. The van der Waals surface area contributed by atoms with Crippen molar-refractivity contribution >= 4 is 39.1 Å². The first-order valence-corrected chi connectivity index (χ1v) is 7.42. The van der Waals surface area contributed by atoms with Crippen molar-refractivity contribution in [1.29, 1.82) is 5.26 Å². The molecular formula is C15H10BrNO2S. The average molecular weight is 348 g/mol. The highest BCUT2D eigenvalue weighted by molar-refractivity contribution is 9.10. The lowest BCUT2D eigenvalue weighted by Gasteiger charge is -2.01. The van der Waals surface area contributed by atoms with Gasteiger partial charge in [-0.05, 0) is 58.4 Å². The van der Waals surface area contributed by atoms with Crippen LogP contribution in [0.4, 0.5) is 0 Å². The van der Waals surface area contributed by atoms with Gasteiger partial charge < -0.3 is 4.74 Å². The van der Waals surface area contributed by atoms with Crippen molar-refractivity contribution in [3.8, 4) is 11.8 Å². The zero-order chi connectivity index (χ0) is 14.4. The van der Waals surface area contributed by atoms with Crippen LogP contribution >= 0.6 is 27.3 Å². The highest BCUT2D eigenvalue weighted by Gasteiger charge is 2.02. The molecule has 100 valence electrons. The summed E-state index contributed by atoms with van der Waals surface area (Å²) in [7, 11) is 0. The molecule has 0 unspecified atom stereocenters. The third-order valence-electron chi connectivity index (χ3n) is 2.43. The molecule has 0 atom stereocenters. The van der Waals surface area contributed by atoms with E-state index in [2.05, 4.69) is 15.9 Å². The van der Waals surface area contributed by atoms with Crippen molar-refractivity contribution in [1.82, 2.24) is 0 Å². The Labute approximate surface area is 129 Å². The van der Waals surface area contributed by atoms with Gasteiger partial charge in [0.1, 0.15) is 11.8 Å².